The van der Waals surface area contributed by atoms with E-state index in [-0.39, 0.29) is 5.60 Å². The van der Waals surface area contributed by atoms with Crippen LogP contribution in [0.2, 0.25) is 0 Å². The van der Waals surface area contributed by atoms with Crippen LogP contribution in [0.25, 0.3) is 0 Å². The summed E-state index contributed by atoms with van der Waals surface area (Å²) in [6.07, 6.45) is 3.10. The minimum atomic E-state index is -0.132. The van der Waals surface area contributed by atoms with Crippen LogP contribution < -0.4 is 0 Å². The smallest absolute Gasteiger partial charge is 0.108 e. The van der Waals surface area contributed by atoms with E-state index in [1.54, 1.807) is 0 Å². The lowest BCUT2D eigenvalue weighted by Gasteiger charge is -2.18. The molecule has 0 aliphatic rings. The minimum absolute atomic E-state index is 0.132. The lowest BCUT2D eigenvalue weighted by Crippen LogP contribution is -2.18. The minimum Gasteiger partial charge on any atom is -0.369 e. The largest absolute Gasteiger partial charge is 0.369 e. The number of hydrogen-bond donors (Lipinski definition) is 0. The summed E-state index contributed by atoms with van der Waals surface area (Å²) >= 11 is 1.99. The highest BCUT2D eigenvalue weighted by molar-refractivity contribution is 8.00. The van der Waals surface area contributed by atoms with Crippen LogP contribution in [0.4, 0.5) is 0 Å². The van der Waals surface area contributed by atoms with Crippen molar-refractivity contribution in [2.75, 3.05) is 5.75 Å². The van der Waals surface area contributed by atoms with Gasteiger partial charge in [-0.1, -0.05) is 26.0 Å². The Labute approximate surface area is 121 Å². The number of nitrogens with zero attached hydrogens (tertiary/aromatic N) is 3. The summed E-state index contributed by atoms with van der Waals surface area (Å²) in [7, 11) is 0. The van der Waals surface area contributed by atoms with Crippen molar-refractivity contribution in [3.8, 4) is 0 Å². The molecule has 4 nitrogen and oxygen atoms in total. The highest BCUT2D eigenvalue weighted by Crippen LogP contribution is 2.23. The number of aromatic nitrogens is 3. The molecule has 0 radical (unpaired) electrons. The molecule has 1 heterocycles. The molecular formula is C14H27N3OS. The van der Waals surface area contributed by atoms with Crippen LogP contribution >= 0.6 is 11.8 Å². The Morgan fingerprint density at radius 3 is 2.47 bits per heavy atom. The van der Waals surface area contributed by atoms with Gasteiger partial charge in [0.25, 0.3) is 0 Å². The van der Waals surface area contributed by atoms with Gasteiger partial charge in [0.15, 0.2) is 0 Å². The number of thioether (sulfide) groups is 1. The molecule has 0 fully saturated rings. The Morgan fingerprint density at radius 2 is 1.89 bits per heavy atom. The summed E-state index contributed by atoms with van der Waals surface area (Å²) in [5, 5.41) is 8.26. The lowest BCUT2D eigenvalue weighted by atomic mass is 10.2. The fraction of sp³-hybridized carbons (Fsp3) is 0.857. The fourth-order valence-electron chi connectivity index (χ4n) is 1.41. The van der Waals surface area contributed by atoms with Gasteiger partial charge in [0.2, 0.25) is 0 Å². The van der Waals surface area contributed by atoms with Crippen molar-refractivity contribution in [1.82, 2.24) is 15.0 Å². The van der Waals surface area contributed by atoms with E-state index >= 15 is 0 Å². The summed E-state index contributed by atoms with van der Waals surface area (Å²) < 4.78 is 7.93. The van der Waals surface area contributed by atoms with E-state index in [9.17, 15) is 0 Å². The first-order chi connectivity index (χ1) is 8.66. The van der Waals surface area contributed by atoms with Crippen LogP contribution in [-0.2, 0) is 17.9 Å². The van der Waals surface area contributed by atoms with Gasteiger partial charge < -0.3 is 4.74 Å². The number of ether oxygens (including phenoxy) is 1. The molecule has 0 atom stereocenters. The first-order valence-corrected chi connectivity index (χ1v) is 7.81. The van der Waals surface area contributed by atoms with Crippen molar-refractivity contribution in [2.45, 2.75) is 71.5 Å². The zero-order valence-electron chi connectivity index (χ0n) is 13.1. The van der Waals surface area contributed by atoms with Crippen molar-refractivity contribution in [1.29, 1.82) is 0 Å². The van der Waals surface area contributed by atoms with E-state index in [4.69, 9.17) is 4.74 Å². The second-order valence-corrected chi connectivity index (χ2v) is 8.61. The summed E-state index contributed by atoms with van der Waals surface area (Å²) in [6.45, 7) is 14.3. The second-order valence-electron chi connectivity index (χ2n) is 6.69. The SMILES string of the molecule is CC(C)(C)OCc1cn(CCCSC(C)(C)C)nn1. The third-order valence-corrected chi connectivity index (χ3v) is 3.66. The topological polar surface area (TPSA) is 39.9 Å². The maximum absolute atomic E-state index is 5.68. The van der Waals surface area contributed by atoms with Crippen LogP contribution in [0.3, 0.4) is 0 Å². The van der Waals surface area contributed by atoms with Gasteiger partial charge in [-0.15, -0.1) is 5.10 Å². The zero-order chi connectivity index (χ0) is 14.5. The average molecular weight is 285 g/mol. The van der Waals surface area contributed by atoms with Gasteiger partial charge in [-0.25, -0.2) is 0 Å². The van der Waals surface area contributed by atoms with Crippen LogP contribution in [0.1, 0.15) is 53.7 Å². The molecule has 110 valence electrons. The Morgan fingerprint density at radius 1 is 1.21 bits per heavy atom. The van der Waals surface area contributed by atoms with E-state index < -0.39 is 0 Å². The second kappa shape index (κ2) is 6.75. The number of hydrogen-bond acceptors (Lipinski definition) is 4. The summed E-state index contributed by atoms with van der Waals surface area (Å²) in [6, 6.07) is 0. The van der Waals surface area contributed by atoms with Gasteiger partial charge in [0.1, 0.15) is 5.69 Å². The Balaban J connectivity index is 2.27. The Hall–Kier alpha value is -0.550. The normalized spacial score (nSPS) is 12.9. The number of aryl methyl sites for hydroxylation is 1. The van der Waals surface area contributed by atoms with Gasteiger partial charge >= 0.3 is 0 Å². The first kappa shape index (κ1) is 16.5. The molecule has 1 rings (SSSR count). The molecule has 0 aromatic carbocycles. The van der Waals surface area contributed by atoms with E-state index in [1.165, 1.54) is 0 Å². The molecule has 0 N–H and O–H groups in total. The standard InChI is InChI=1S/C14H27N3OS/c1-13(2,3)18-11-12-10-17(16-15-12)8-7-9-19-14(4,5)6/h10H,7-9,11H2,1-6H3. The van der Waals surface area contributed by atoms with Crippen molar-refractivity contribution in [3.63, 3.8) is 0 Å². The Bertz CT molecular complexity index is 377. The molecule has 0 unspecified atom stereocenters. The predicted octanol–water partition coefficient (Wildman–Crippen LogP) is 3.52. The highest BCUT2D eigenvalue weighted by atomic mass is 32.2. The van der Waals surface area contributed by atoms with Gasteiger partial charge in [-0.05, 0) is 32.9 Å². The average Bonchev–Trinajstić information content (AvgIpc) is 2.67. The molecule has 0 saturated carbocycles. The Kier molecular flexibility index (Phi) is 5.86. The quantitative estimate of drug-likeness (QED) is 0.750. The van der Waals surface area contributed by atoms with Crippen molar-refractivity contribution < 1.29 is 4.74 Å². The monoisotopic (exact) mass is 285 g/mol. The molecule has 0 spiro atoms. The lowest BCUT2D eigenvalue weighted by molar-refractivity contribution is -0.0165. The molecule has 0 aliphatic heterocycles. The summed E-state index contributed by atoms with van der Waals surface area (Å²) in [5.41, 5.74) is 0.769. The molecular weight excluding hydrogens is 258 g/mol. The molecule has 0 aliphatic carbocycles. The third kappa shape index (κ3) is 8.26. The third-order valence-electron chi connectivity index (χ3n) is 2.31. The summed E-state index contributed by atoms with van der Waals surface area (Å²) in [4.78, 5) is 0. The van der Waals surface area contributed by atoms with Crippen LogP contribution in [-0.4, -0.2) is 31.1 Å². The van der Waals surface area contributed by atoms with E-state index in [0.29, 0.717) is 11.4 Å². The van der Waals surface area contributed by atoms with E-state index in [2.05, 4.69) is 31.1 Å². The first-order valence-electron chi connectivity index (χ1n) is 6.83. The maximum atomic E-state index is 5.68. The fourth-order valence-corrected chi connectivity index (χ4v) is 2.30. The maximum Gasteiger partial charge on any atom is 0.108 e. The van der Waals surface area contributed by atoms with Gasteiger partial charge in [-0.2, -0.15) is 11.8 Å². The van der Waals surface area contributed by atoms with Gasteiger partial charge in [0.05, 0.1) is 18.4 Å². The molecule has 0 amide bonds. The molecule has 1 aromatic heterocycles. The molecule has 0 bridgehead atoms. The van der Waals surface area contributed by atoms with Crippen LogP contribution in [0, 0.1) is 0 Å². The van der Waals surface area contributed by atoms with Crippen molar-refractivity contribution in [2.24, 2.45) is 0 Å². The number of rotatable bonds is 6. The molecule has 1 aromatic rings. The van der Waals surface area contributed by atoms with Gasteiger partial charge in [-0.3, -0.25) is 4.68 Å². The van der Waals surface area contributed by atoms with Crippen LogP contribution in [0.15, 0.2) is 6.20 Å². The van der Waals surface area contributed by atoms with Crippen molar-refractivity contribution >= 4 is 11.8 Å². The van der Waals surface area contributed by atoms with E-state index in [0.717, 1.165) is 24.4 Å². The van der Waals surface area contributed by atoms with E-state index in [1.807, 2.05) is 43.4 Å². The zero-order valence-corrected chi connectivity index (χ0v) is 13.9. The highest BCUT2D eigenvalue weighted by Gasteiger charge is 2.12. The van der Waals surface area contributed by atoms with Crippen molar-refractivity contribution in [3.05, 3.63) is 11.9 Å². The molecule has 5 heteroatoms. The summed E-state index contributed by atoms with van der Waals surface area (Å²) in [5.74, 6) is 1.15. The molecule has 0 saturated heterocycles. The van der Waals surface area contributed by atoms with Gasteiger partial charge in [0, 0.05) is 11.3 Å². The predicted molar refractivity (Wildman–Crippen MR) is 81.4 cm³/mol. The van der Waals surface area contributed by atoms with Crippen LogP contribution in [0.5, 0.6) is 0 Å². The molecule has 19 heavy (non-hydrogen) atoms.